The summed E-state index contributed by atoms with van der Waals surface area (Å²) in [4.78, 5) is 12.2. The van der Waals surface area contributed by atoms with Crippen molar-refractivity contribution in [2.45, 2.75) is 12.1 Å². The number of nitrogens with zero attached hydrogens (tertiary/aromatic N) is 3. The molecule has 0 aliphatic rings. The molecule has 7 heteroatoms. The molecular weight excluding hydrogens is 356 g/mol. The Balaban J connectivity index is 1.65. The maximum atomic E-state index is 12.2. The topological polar surface area (TPSA) is 59.8 Å². The molecule has 25 heavy (non-hydrogen) atoms. The molecule has 0 aliphatic heterocycles. The average Bonchev–Trinajstić information content (AvgIpc) is 2.98. The lowest BCUT2D eigenvalue weighted by molar-refractivity contribution is -0.113. The van der Waals surface area contributed by atoms with Gasteiger partial charge in [0.2, 0.25) is 5.91 Å². The molecule has 0 spiro atoms. The summed E-state index contributed by atoms with van der Waals surface area (Å²) in [6.45, 7) is 1.92. The van der Waals surface area contributed by atoms with Gasteiger partial charge in [-0.3, -0.25) is 4.79 Å². The van der Waals surface area contributed by atoms with Crippen molar-refractivity contribution in [1.29, 1.82) is 0 Å². The third kappa shape index (κ3) is 4.21. The zero-order valence-corrected chi connectivity index (χ0v) is 15.4. The third-order valence-electron chi connectivity index (χ3n) is 3.67. The number of amides is 1. The van der Waals surface area contributed by atoms with Crippen LogP contribution in [0.5, 0.6) is 0 Å². The molecular formula is C18H17ClN4OS. The second kappa shape index (κ2) is 7.72. The fourth-order valence-corrected chi connectivity index (χ4v) is 3.21. The number of halogens is 1. The highest BCUT2D eigenvalue weighted by Crippen LogP contribution is 2.23. The highest BCUT2D eigenvalue weighted by molar-refractivity contribution is 7.99. The van der Waals surface area contributed by atoms with Gasteiger partial charge < -0.3 is 9.88 Å². The van der Waals surface area contributed by atoms with E-state index in [0.29, 0.717) is 10.2 Å². The maximum absolute atomic E-state index is 12.2. The van der Waals surface area contributed by atoms with Gasteiger partial charge in [0, 0.05) is 23.3 Å². The smallest absolute Gasteiger partial charge is 0.234 e. The van der Waals surface area contributed by atoms with E-state index in [2.05, 4.69) is 15.5 Å². The number of rotatable bonds is 5. The minimum Gasteiger partial charge on any atom is -0.325 e. The minimum absolute atomic E-state index is 0.111. The van der Waals surface area contributed by atoms with E-state index in [0.717, 1.165) is 22.6 Å². The predicted molar refractivity (Wildman–Crippen MR) is 102 cm³/mol. The van der Waals surface area contributed by atoms with Gasteiger partial charge in [0.25, 0.3) is 0 Å². The molecule has 2 aromatic carbocycles. The SMILES string of the molecule is Cc1ccc(Cl)cc1NC(=O)CSc1nnc(-c2ccccc2)n1C. The van der Waals surface area contributed by atoms with Gasteiger partial charge in [-0.1, -0.05) is 59.8 Å². The molecule has 1 N–H and O–H groups in total. The molecule has 0 atom stereocenters. The third-order valence-corrected chi connectivity index (χ3v) is 4.93. The number of nitrogens with one attached hydrogen (secondary N) is 1. The lowest BCUT2D eigenvalue weighted by Gasteiger charge is -2.08. The molecule has 128 valence electrons. The average molecular weight is 373 g/mol. The van der Waals surface area contributed by atoms with Crippen molar-refractivity contribution in [2.24, 2.45) is 7.05 Å². The number of anilines is 1. The van der Waals surface area contributed by atoms with Gasteiger partial charge in [0.05, 0.1) is 5.75 Å². The van der Waals surface area contributed by atoms with Crippen molar-refractivity contribution in [3.8, 4) is 11.4 Å². The molecule has 3 rings (SSSR count). The number of hydrogen-bond acceptors (Lipinski definition) is 4. The molecule has 5 nitrogen and oxygen atoms in total. The Morgan fingerprint density at radius 2 is 1.96 bits per heavy atom. The van der Waals surface area contributed by atoms with Crippen LogP contribution in [0.1, 0.15) is 5.56 Å². The highest BCUT2D eigenvalue weighted by atomic mass is 35.5. The van der Waals surface area contributed by atoms with Crippen molar-refractivity contribution in [2.75, 3.05) is 11.1 Å². The summed E-state index contributed by atoms with van der Waals surface area (Å²) in [6, 6.07) is 15.2. The van der Waals surface area contributed by atoms with Crippen LogP contribution in [0.2, 0.25) is 5.02 Å². The lowest BCUT2D eigenvalue weighted by atomic mass is 10.2. The first-order valence-electron chi connectivity index (χ1n) is 7.68. The number of hydrogen-bond donors (Lipinski definition) is 1. The van der Waals surface area contributed by atoms with Crippen LogP contribution in [0.4, 0.5) is 5.69 Å². The van der Waals surface area contributed by atoms with Crippen molar-refractivity contribution in [3.63, 3.8) is 0 Å². The quantitative estimate of drug-likeness (QED) is 0.683. The van der Waals surface area contributed by atoms with E-state index in [1.807, 2.05) is 54.9 Å². The van der Waals surface area contributed by atoms with Crippen LogP contribution in [-0.4, -0.2) is 26.4 Å². The van der Waals surface area contributed by atoms with Crippen molar-refractivity contribution < 1.29 is 4.79 Å². The number of aryl methyl sites for hydroxylation is 1. The van der Waals surface area contributed by atoms with Crippen LogP contribution in [0, 0.1) is 6.92 Å². The lowest BCUT2D eigenvalue weighted by Crippen LogP contribution is -2.15. The van der Waals surface area contributed by atoms with Gasteiger partial charge in [0.15, 0.2) is 11.0 Å². The van der Waals surface area contributed by atoms with E-state index >= 15 is 0 Å². The second-order valence-electron chi connectivity index (χ2n) is 5.53. The summed E-state index contributed by atoms with van der Waals surface area (Å²) >= 11 is 7.32. The molecule has 0 fully saturated rings. The van der Waals surface area contributed by atoms with Gasteiger partial charge in [-0.05, 0) is 24.6 Å². The van der Waals surface area contributed by atoms with Crippen LogP contribution in [0.3, 0.4) is 0 Å². The van der Waals surface area contributed by atoms with Crippen molar-refractivity contribution >= 4 is 35.0 Å². The fourth-order valence-electron chi connectivity index (χ4n) is 2.32. The number of benzene rings is 2. The van der Waals surface area contributed by atoms with E-state index in [1.54, 1.807) is 12.1 Å². The van der Waals surface area contributed by atoms with E-state index in [4.69, 9.17) is 11.6 Å². The Hall–Kier alpha value is -2.31. The number of carbonyl (C=O) groups is 1. The van der Waals surface area contributed by atoms with Gasteiger partial charge >= 0.3 is 0 Å². The van der Waals surface area contributed by atoms with Gasteiger partial charge in [-0.25, -0.2) is 0 Å². The molecule has 0 bridgehead atoms. The first-order chi connectivity index (χ1) is 12.0. The number of aromatic nitrogens is 3. The number of thioether (sulfide) groups is 1. The molecule has 0 saturated heterocycles. The molecule has 0 aliphatic carbocycles. The Morgan fingerprint density at radius 1 is 1.20 bits per heavy atom. The zero-order chi connectivity index (χ0) is 17.8. The zero-order valence-electron chi connectivity index (χ0n) is 13.9. The standard InChI is InChI=1S/C18H17ClN4OS/c1-12-8-9-14(19)10-15(12)20-16(24)11-25-18-22-21-17(23(18)2)13-6-4-3-5-7-13/h3-10H,11H2,1-2H3,(H,20,24). The summed E-state index contributed by atoms with van der Waals surface area (Å²) in [5.74, 6) is 0.904. The minimum atomic E-state index is -0.111. The predicted octanol–water partition coefficient (Wildman–Crippen LogP) is 4.17. The van der Waals surface area contributed by atoms with Crippen LogP contribution in [-0.2, 0) is 11.8 Å². The summed E-state index contributed by atoms with van der Waals surface area (Å²) in [7, 11) is 1.89. The first kappa shape index (κ1) is 17.5. The summed E-state index contributed by atoms with van der Waals surface area (Å²) in [6.07, 6.45) is 0. The highest BCUT2D eigenvalue weighted by Gasteiger charge is 2.13. The summed E-state index contributed by atoms with van der Waals surface area (Å²) in [5.41, 5.74) is 2.68. The molecule has 3 aromatic rings. The van der Waals surface area contributed by atoms with Gasteiger partial charge in [-0.2, -0.15) is 0 Å². The van der Waals surface area contributed by atoms with Crippen LogP contribution >= 0.6 is 23.4 Å². The monoisotopic (exact) mass is 372 g/mol. The Kier molecular flexibility index (Phi) is 5.40. The Morgan fingerprint density at radius 3 is 2.72 bits per heavy atom. The normalized spacial score (nSPS) is 10.7. The van der Waals surface area contributed by atoms with Crippen molar-refractivity contribution in [1.82, 2.24) is 14.8 Å². The van der Waals surface area contributed by atoms with Crippen LogP contribution in [0.25, 0.3) is 11.4 Å². The fraction of sp³-hybridized carbons (Fsp3) is 0.167. The van der Waals surface area contributed by atoms with Crippen LogP contribution in [0.15, 0.2) is 53.7 Å². The Bertz CT molecular complexity index is 895. The number of carbonyl (C=O) groups excluding carboxylic acids is 1. The first-order valence-corrected chi connectivity index (χ1v) is 9.04. The molecule has 1 aromatic heterocycles. The van der Waals surface area contributed by atoms with E-state index in [1.165, 1.54) is 11.8 Å². The summed E-state index contributed by atoms with van der Waals surface area (Å²) < 4.78 is 1.89. The molecule has 0 saturated carbocycles. The van der Waals surface area contributed by atoms with E-state index in [-0.39, 0.29) is 11.7 Å². The van der Waals surface area contributed by atoms with Gasteiger partial charge in [-0.15, -0.1) is 10.2 Å². The molecule has 0 radical (unpaired) electrons. The summed E-state index contributed by atoms with van der Waals surface area (Å²) in [5, 5.41) is 12.6. The van der Waals surface area contributed by atoms with E-state index < -0.39 is 0 Å². The Labute approximate surface area is 155 Å². The second-order valence-corrected chi connectivity index (χ2v) is 6.91. The molecule has 1 amide bonds. The molecule has 0 unspecified atom stereocenters. The maximum Gasteiger partial charge on any atom is 0.234 e. The molecule has 1 heterocycles. The van der Waals surface area contributed by atoms with Crippen LogP contribution < -0.4 is 5.32 Å². The largest absolute Gasteiger partial charge is 0.325 e. The van der Waals surface area contributed by atoms with E-state index in [9.17, 15) is 4.79 Å². The van der Waals surface area contributed by atoms with Crippen molar-refractivity contribution in [3.05, 3.63) is 59.1 Å². The van der Waals surface area contributed by atoms with Gasteiger partial charge in [0.1, 0.15) is 0 Å².